The SMILES string of the molecule is CCC(Oc1cc(C)cc(C)c1)C(=O)NC(C)CCc1ccccc1. The van der Waals surface area contributed by atoms with Crippen LogP contribution < -0.4 is 10.1 Å². The van der Waals surface area contributed by atoms with Crippen molar-refractivity contribution < 1.29 is 9.53 Å². The smallest absolute Gasteiger partial charge is 0.261 e. The van der Waals surface area contributed by atoms with Crippen LogP contribution in [0.3, 0.4) is 0 Å². The summed E-state index contributed by atoms with van der Waals surface area (Å²) >= 11 is 0. The monoisotopic (exact) mass is 339 g/mol. The molecule has 2 aromatic carbocycles. The number of aryl methyl sites for hydroxylation is 3. The number of carbonyl (C=O) groups excluding carboxylic acids is 1. The summed E-state index contributed by atoms with van der Waals surface area (Å²) in [5.74, 6) is 0.721. The van der Waals surface area contributed by atoms with E-state index in [-0.39, 0.29) is 11.9 Å². The third kappa shape index (κ3) is 6.26. The van der Waals surface area contributed by atoms with Crippen LogP contribution in [0.1, 0.15) is 43.4 Å². The van der Waals surface area contributed by atoms with Gasteiger partial charge in [0, 0.05) is 6.04 Å². The molecule has 0 bridgehead atoms. The molecule has 0 saturated heterocycles. The van der Waals surface area contributed by atoms with Gasteiger partial charge in [0.1, 0.15) is 5.75 Å². The van der Waals surface area contributed by atoms with Crippen LogP contribution in [0, 0.1) is 13.8 Å². The first-order valence-electron chi connectivity index (χ1n) is 9.07. The maximum Gasteiger partial charge on any atom is 0.261 e. The van der Waals surface area contributed by atoms with Crippen LogP contribution in [0.15, 0.2) is 48.5 Å². The normalized spacial score (nSPS) is 13.1. The second-order valence-electron chi connectivity index (χ2n) is 6.77. The summed E-state index contributed by atoms with van der Waals surface area (Å²) in [7, 11) is 0. The van der Waals surface area contributed by atoms with Gasteiger partial charge < -0.3 is 10.1 Å². The van der Waals surface area contributed by atoms with Crippen molar-refractivity contribution in [3.63, 3.8) is 0 Å². The zero-order valence-corrected chi connectivity index (χ0v) is 15.7. The minimum atomic E-state index is -0.458. The molecule has 0 saturated carbocycles. The number of hydrogen-bond acceptors (Lipinski definition) is 2. The van der Waals surface area contributed by atoms with Crippen molar-refractivity contribution in [2.24, 2.45) is 0 Å². The van der Waals surface area contributed by atoms with Crippen molar-refractivity contribution in [2.75, 3.05) is 0 Å². The molecule has 1 N–H and O–H groups in total. The zero-order chi connectivity index (χ0) is 18.2. The van der Waals surface area contributed by atoms with Crippen molar-refractivity contribution in [3.05, 3.63) is 65.2 Å². The van der Waals surface area contributed by atoms with Gasteiger partial charge in [-0.1, -0.05) is 43.3 Å². The molecule has 0 aliphatic carbocycles. The molecule has 0 aliphatic heterocycles. The third-order valence-electron chi connectivity index (χ3n) is 4.23. The molecule has 25 heavy (non-hydrogen) atoms. The fourth-order valence-electron chi connectivity index (χ4n) is 2.92. The topological polar surface area (TPSA) is 38.3 Å². The molecule has 2 atom stereocenters. The van der Waals surface area contributed by atoms with Gasteiger partial charge in [-0.05, 0) is 68.9 Å². The maximum atomic E-state index is 12.5. The fraction of sp³-hybridized carbons (Fsp3) is 0.409. The van der Waals surface area contributed by atoms with Crippen LogP contribution in [0.5, 0.6) is 5.75 Å². The summed E-state index contributed by atoms with van der Waals surface area (Å²) in [6, 6.07) is 16.5. The highest BCUT2D eigenvalue weighted by molar-refractivity contribution is 5.81. The lowest BCUT2D eigenvalue weighted by molar-refractivity contribution is -0.128. The summed E-state index contributed by atoms with van der Waals surface area (Å²) in [4.78, 5) is 12.5. The number of rotatable bonds is 8. The largest absolute Gasteiger partial charge is 0.481 e. The first-order valence-corrected chi connectivity index (χ1v) is 9.07. The van der Waals surface area contributed by atoms with E-state index < -0.39 is 6.10 Å². The quantitative estimate of drug-likeness (QED) is 0.763. The number of ether oxygens (including phenoxy) is 1. The molecule has 0 aromatic heterocycles. The lowest BCUT2D eigenvalue weighted by atomic mass is 10.1. The molecule has 2 unspecified atom stereocenters. The molecule has 0 spiro atoms. The van der Waals surface area contributed by atoms with Gasteiger partial charge in [-0.3, -0.25) is 4.79 Å². The maximum absolute atomic E-state index is 12.5. The van der Waals surface area contributed by atoms with E-state index in [0.29, 0.717) is 6.42 Å². The first kappa shape index (κ1) is 19.0. The van der Waals surface area contributed by atoms with E-state index in [1.807, 2.05) is 58.0 Å². The van der Waals surface area contributed by atoms with Crippen LogP contribution in [-0.2, 0) is 11.2 Å². The molecule has 3 heteroatoms. The van der Waals surface area contributed by atoms with Crippen LogP contribution in [0.4, 0.5) is 0 Å². The highest BCUT2D eigenvalue weighted by Gasteiger charge is 2.20. The van der Waals surface area contributed by atoms with Crippen molar-refractivity contribution >= 4 is 5.91 Å². The highest BCUT2D eigenvalue weighted by atomic mass is 16.5. The van der Waals surface area contributed by atoms with Crippen LogP contribution in [0.25, 0.3) is 0 Å². The number of nitrogens with one attached hydrogen (secondary N) is 1. The lowest BCUT2D eigenvalue weighted by Gasteiger charge is -2.21. The molecular weight excluding hydrogens is 310 g/mol. The van der Waals surface area contributed by atoms with Crippen molar-refractivity contribution in [2.45, 2.75) is 59.1 Å². The Morgan fingerprint density at radius 3 is 2.32 bits per heavy atom. The summed E-state index contributed by atoms with van der Waals surface area (Å²) in [6.07, 6.45) is 2.05. The summed E-state index contributed by atoms with van der Waals surface area (Å²) in [5, 5.41) is 3.09. The molecule has 1 amide bonds. The van der Waals surface area contributed by atoms with Gasteiger partial charge >= 0.3 is 0 Å². The molecule has 134 valence electrons. The number of carbonyl (C=O) groups is 1. The average molecular weight is 339 g/mol. The minimum Gasteiger partial charge on any atom is -0.481 e. The Morgan fingerprint density at radius 2 is 1.72 bits per heavy atom. The second-order valence-corrected chi connectivity index (χ2v) is 6.77. The van der Waals surface area contributed by atoms with Crippen LogP contribution in [-0.4, -0.2) is 18.1 Å². The molecule has 0 heterocycles. The Morgan fingerprint density at radius 1 is 1.08 bits per heavy atom. The van der Waals surface area contributed by atoms with E-state index in [1.54, 1.807) is 0 Å². The number of hydrogen-bond donors (Lipinski definition) is 1. The molecule has 0 aliphatic rings. The van der Waals surface area contributed by atoms with Crippen molar-refractivity contribution in [1.29, 1.82) is 0 Å². The van der Waals surface area contributed by atoms with Gasteiger partial charge in [0.25, 0.3) is 5.91 Å². The van der Waals surface area contributed by atoms with E-state index in [1.165, 1.54) is 5.56 Å². The second kappa shape index (κ2) is 9.26. The molecule has 0 fully saturated rings. The van der Waals surface area contributed by atoms with Gasteiger partial charge in [0.05, 0.1) is 0 Å². The third-order valence-corrected chi connectivity index (χ3v) is 4.23. The Bertz CT molecular complexity index is 661. The molecular formula is C22H29NO2. The first-order chi connectivity index (χ1) is 12.0. The molecule has 3 nitrogen and oxygen atoms in total. The van der Waals surface area contributed by atoms with E-state index in [4.69, 9.17) is 4.74 Å². The predicted molar refractivity (Wildman–Crippen MR) is 103 cm³/mol. The van der Waals surface area contributed by atoms with Gasteiger partial charge in [0.15, 0.2) is 6.10 Å². The number of amides is 1. The van der Waals surface area contributed by atoms with E-state index in [9.17, 15) is 4.79 Å². The minimum absolute atomic E-state index is 0.0396. The Hall–Kier alpha value is -2.29. The summed E-state index contributed by atoms with van der Waals surface area (Å²) in [6.45, 7) is 8.09. The highest BCUT2D eigenvalue weighted by Crippen LogP contribution is 2.18. The predicted octanol–water partition coefficient (Wildman–Crippen LogP) is 4.60. The summed E-state index contributed by atoms with van der Waals surface area (Å²) < 4.78 is 5.94. The Labute approximate surface area is 151 Å². The van der Waals surface area contributed by atoms with E-state index >= 15 is 0 Å². The molecule has 0 radical (unpaired) electrons. The Balaban J connectivity index is 1.88. The fourth-order valence-corrected chi connectivity index (χ4v) is 2.92. The van der Waals surface area contributed by atoms with Gasteiger partial charge in [-0.25, -0.2) is 0 Å². The molecule has 2 aromatic rings. The van der Waals surface area contributed by atoms with E-state index in [0.717, 1.165) is 29.7 Å². The van der Waals surface area contributed by atoms with Gasteiger partial charge in [-0.15, -0.1) is 0 Å². The molecule has 2 rings (SSSR count). The van der Waals surface area contributed by atoms with Crippen LogP contribution >= 0.6 is 0 Å². The van der Waals surface area contributed by atoms with Crippen molar-refractivity contribution in [3.8, 4) is 5.75 Å². The number of benzene rings is 2. The Kier molecular flexibility index (Phi) is 7.05. The van der Waals surface area contributed by atoms with Crippen molar-refractivity contribution in [1.82, 2.24) is 5.32 Å². The van der Waals surface area contributed by atoms with Gasteiger partial charge in [-0.2, -0.15) is 0 Å². The van der Waals surface area contributed by atoms with Crippen LogP contribution in [0.2, 0.25) is 0 Å². The van der Waals surface area contributed by atoms with E-state index in [2.05, 4.69) is 23.5 Å². The zero-order valence-electron chi connectivity index (χ0n) is 15.7. The average Bonchev–Trinajstić information content (AvgIpc) is 2.58. The standard InChI is InChI=1S/C22H29NO2/c1-5-21(25-20-14-16(2)13-17(3)15-20)22(24)23-18(4)11-12-19-9-7-6-8-10-19/h6-10,13-15,18,21H,5,11-12H2,1-4H3,(H,23,24). The lowest BCUT2D eigenvalue weighted by Crippen LogP contribution is -2.42. The summed E-state index contributed by atoms with van der Waals surface area (Å²) in [5.41, 5.74) is 3.57. The van der Waals surface area contributed by atoms with Gasteiger partial charge in [0.2, 0.25) is 0 Å².